The number of aliphatic carboxylic acids is 1. The number of carboxylic acids is 1. The number of hydrogen-bond acceptors (Lipinski definition) is 3. The lowest BCUT2D eigenvalue weighted by molar-refractivity contribution is -0.138. The highest BCUT2D eigenvalue weighted by molar-refractivity contribution is 5.69. The van der Waals surface area contributed by atoms with E-state index in [1.54, 1.807) is 12.1 Å². The Morgan fingerprint density at radius 1 is 1.45 bits per heavy atom. The quantitative estimate of drug-likeness (QED) is 0.893. The van der Waals surface area contributed by atoms with Crippen LogP contribution < -0.4 is 0 Å². The molecule has 1 fully saturated rings. The summed E-state index contributed by atoms with van der Waals surface area (Å²) < 4.78 is 13.1. The summed E-state index contributed by atoms with van der Waals surface area (Å²) in [5.41, 5.74) is 0.988. The fourth-order valence-corrected chi connectivity index (χ4v) is 2.75. The lowest BCUT2D eigenvalue weighted by Crippen LogP contribution is -2.44. The molecule has 110 valence electrons. The molecule has 0 unspecified atom stereocenters. The third-order valence-electron chi connectivity index (χ3n) is 3.86. The molecule has 1 aliphatic heterocycles. The summed E-state index contributed by atoms with van der Waals surface area (Å²) in [5, 5.41) is 8.80. The number of nitrogens with zero attached hydrogens (tertiary/aromatic N) is 2. The highest BCUT2D eigenvalue weighted by atomic mass is 19.1. The zero-order chi connectivity index (χ0) is 14.5. The first-order valence-electron chi connectivity index (χ1n) is 6.93. The van der Waals surface area contributed by atoms with E-state index in [1.165, 1.54) is 6.07 Å². The SMILES string of the molecule is CN(CC(=O)O)C1CCN(Cc2cccc(F)c2)CC1. The van der Waals surface area contributed by atoms with Crippen LogP contribution in [0.2, 0.25) is 0 Å². The van der Waals surface area contributed by atoms with Crippen LogP contribution >= 0.6 is 0 Å². The van der Waals surface area contributed by atoms with Crippen LogP contribution in [0, 0.1) is 5.82 Å². The van der Waals surface area contributed by atoms with Crippen LogP contribution in [0.25, 0.3) is 0 Å². The molecule has 1 N–H and O–H groups in total. The van der Waals surface area contributed by atoms with Gasteiger partial charge in [0.05, 0.1) is 6.54 Å². The number of halogens is 1. The van der Waals surface area contributed by atoms with Gasteiger partial charge in [0, 0.05) is 12.6 Å². The molecular weight excluding hydrogens is 259 g/mol. The van der Waals surface area contributed by atoms with Gasteiger partial charge in [-0.1, -0.05) is 12.1 Å². The topological polar surface area (TPSA) is 43.8 Å². The summed E-state index contributed by atoms with van der Waals surface area (Å²) in [6, 6.07) is 7.03. The molecule has 5 heteroatoms. The van der Waals surface area contributed by atoms with E-state index < -0.39 is 5.97 Å². The van der Waals surface area contributed by atoms with Crippen molar-refractivity contribution in [2.24, 2.45) is 0 Å². The maximum atomic E-state index is 13.1. The molecule has 0 aliphatic carbocycles. The molecule has 1 aliphatic rings. The van der Waals surface area contributed by atoms with E-state index in [-0.39, 0.29) is 12.4 Å². The standard InChI is InChI=1S/C15H21FN2O2/c1-17(11-15(19)20)14-5-7-18(8-6-14)10-12-3-2-4-13(16)9-12/h2-4,9,14H,5-8,10-11H2,1H3,(H,19,20). The van der Waals surface area contributed by atoms with Gasteiger partial charge in [0.1, 0.15) is 5.82 Å². The molecule has 0 spiro atoms. The highest BCUT2D eigenvalue weighted by Crippen LogP contribution is 2.17. The van der Waals surface area contributed by atoms with Gasteiger partial charge in [-0.2, -0.15) is 0 Å². The van der Waals surface area contributed by atoms with Crippen molar-refractivity contribution in [2.45, 2.75) is 25.4 Å². The molecular formula is C15H21FN2O2. The van der Waals surface area contributed by atoms with Crippen LogP contribution in [0.4, 0.5) is 4.39 Å². The molecule has 0 radical (unpaired) electrons. The van der Waals surface area contributed by atoms with Crippen molar-refractivity contribution in [1.82, 2.24) is 9.80 Å². The average Bonchev–Trinajstić information content (AvgIpc) is 2.38. The van der Waals surface area contributed by atoms with Gasteiger partial charge in [-0.25, -0.2) is 4.39 Å². The van der Waals surface area contributed by atoms with Crippen molar-refractivity contribution in [3.63, 3.8) is 0 Å². The number of likely N-dealkylation sites (tertiary alicyclic amines) is 1. The zero-order valence-corrected chi connectivity index (χ0v) is 11.8. The van der Waals surface area contributed by atoms with Gasteiger partial charge in [0.2, 0.25) is 0 Å². The van der Waals surface area contributed by atoms with Crippen LogP contribution in [0.5, 0.6) is 0 Å². The van der Waals surface area contributed by atoms with Gasteiger partial charge in [0.15, 0.2) is 0 Å². The Morgan fingerprint density at radius 3 is 2.75 bits per heavy atom. The predicted molar refractivity (Wildman–Crippen MR) is 75.0 cm³/mol. The van der Waals surface area contributed by atoms with Crippen LogP contribution in [0.3, 0.4) is 0 Å². The monoisotopic (exact) mass is 280 g/mol. The first-order chi connectivity index (χ1) is 9.54. The van der Waals surface area contributed by atoms with E-state index in [0.29, 0.717) is 6.04 Å². The Balaban J connectivity index is 1.81. The number of hydrogen-bond donors (Lipinski definition) is 1. The molecule has 0 bridgehead atoms. The number of rotatable bonds is 5. The van der Waals surface area contributed by atoms with E-state index >= 15 is 0 Å². The summed E-state index contributed by atoms with van der Waals surface area (Å²) in [6.45, 7) is 2.69. The Kier molecular flexibility index (Phi) is 5.09. The predicted octanol–water partition coefficient (Wildman–Crippen LogP) is 1.81. The third-order valence-corrected chi connectivity index (χ3v) is 3.86. The molecule has 1 aromatic carbocycles. The van der Waals surface area contributed by atoms with Gasteiger partial charge in [0.25, 0.3) is 0 Å². The number of benzene rings is 1. The Hall–Kier alpha value is -1.46. The van der Waals surface area contributed by atoms with E-state index in [1.807, 2.05) is 18.0 Å². The van der Waals surface area contributed by atoms with Crippen molar-refractivity contribution in [2.75, 3.05) is 26.7 Å². The average molecular weight is 280 g/mol. The van der Waals surface area contributed by atoms with Crippen LogP contribution in [-0.2, 0) is 11.3 Å². The number of piperidine rings is 1. The Morgan fingerprint density at radius 2 is 2.15 bits per heavy atom. The largest absolute Gasteiger partial charge is 0.480 e. The summed E-state index contributed by atoms with van der Waals surface area (Å²) in [5.74, 6) is -0.978. The van der Waals surface area contributed by atoms with E-state index in [0.717, 1.165) is 38.0 Å². The van der Waals surface area contributed by atoms with Gasteiger partial charge in [-0.3, -0.25) is 14.6 Å². The van der Waals surface area contributed by atoms with Gasteiger partial charge in [-0.05, 0) is 50.7 Å². The second kappa shape index (κ2) is 6.81. The maximum absolute atomic E-state index is 13.1. The number of likely N-dealkylation sites (N-methyl/N-ethyl adjacent to an activating group) is 1. The summed E-state index contributed by atoms with van der Waals surface area (Å²) in [4.78, 5) is 14.9. The number of carbonyl (C=O) groups is 1. The van der Waals surface area contributed by atoms with Crippen molar-refractivity contribution >= 4 is 5.97 Å². The summed E-state index contributed by atoms with van der Waals surface area (Å²) in [7, 11) is 1.86. The minimum absolute atomic E-state index is 0.0918. The first-order valence-corrected chi connectivity index (χ1v) is 6.93. The number of carboxylic acid groups (broad SMARTS) is 1. The van der Waals surface area contributed by atoms with E-state index in [2.05, 4.69) is 4.90 Å². The van der Waals surface area contributed by atoms with Gasteiger partial charge in [-0.15, -0.1) is 0 Å². The van der Waals surface area contributed by atoms with Crippen molar-refractivity contribution in [3.8, 4) is 0 Å². The highest BCUT2D eigenvalue weighted by Gasteiger charge is 2.23. The molecule has 20 heavy (non-hydrogen) atoms. The Labute approximate surface area is 118 Å². The van der Waals surface area contributed by atoms with Crippen LogP contribution in [0.1, 0.15) is 18.4 Å². The maximum Gasteiger partial charge on any atom is 0.317 e. The minimum Gasteiger partial charge on any atom is -0.480 e. The van der Waals surface area contributed by atoms with Crippen molar-refractivity contribution < 1.29 is 14.3 Å². The lowest BCUT2D eigenvalue weighted by atomic mass is 10.0. The molecule has 0 aromatic heterocycles. The fraction of sp³-hybridized carbons (Fsp3) is 0.533. The molecule has 2 rings (SSSR count). The second-order valence-electron chi connectivity index (χ2n) is 5.45. The second-order valence-corrected chi connectivity index (χ2v) is 5.45. The van der Waals surface area contributed by atoms with E-state index in [9.17, 15) is 9.18 Å². The molecule has 1 heterocycles. The summed E-state index contributed by atoms with van der Waals surface area (Å²) >= 11 is 0. The first kappa shape index (κ1) is 14.9. The molecule has 0 saturated carbocycles. The molecule has 0 amide bonds. The Bertz CT molecular complexity index is 459. The van der Waals surface area contributed by atoms with Gasteiger partial charge >= 0.3 is 5.97 Å². The van der Waals surface area contributed by atoms with Crippen molar-refractivity contribution in [1.29, 1.82) is 0 Å². The minimum atomic E-state index is -0.783. The zero-order valence-electron chi connectivity index (χ0n) is 11.8. The van der Waals surface area contributed by atoms with Gasteiger partial charge < -0.3 is 5.11 Å². The molecule has 1 saturated heterocycles. The smallest absolute Gasteiger partial charge is 0.317 e. The third kappa shape index (κ3) is 4.28. The molecule has 0 atom stereocenters. The van der Waals surface area contributed by atoms with Crippen LogP contribution in [-0.4, -0.2) is 53.6 Å². The van der Waals surface area contributed by atoms with Crippen LogP contribution in [0.15, 0.2) is 24.3 Å². The molecule has 4 nitrogen and oxygen atoms in total. The normalized spacial score (nSPS) is 17.6. The summed E-state index contributed by atoms with van der Waals surface area (Å²) in [6.07, 6.45) is 1.91. The molecule has 1 aromatic rings. The van der Waals surface area contributed by atoms with Crippen molar-refractivity contribution in [3.05, 3.63) is 35.6 Å². The van der Waals surface area contributed by atoms with E-state index in [4.69, 9.17) is 5.11 Å². The lowest BCUT2D eigenvalue weighted by Gasteiger charge is -2.36. The fourth-order valence-electron chi connectivity index (χ4n) is 2.75.